The van der Waals surface area contributed by atoms with Gasteiger partial charge in [0, 0.05) is 12.1 Å². The van der Waals surface area contributed by atoms with Crippen molar-refractivity contribution in [3.8, 4) is 0 Å². The molecule has 4 nitrogen and oxygen atoms in total. The Balaban J connectivity index is 1.80. The first-order valence-corrected chi connectivity index (χ1v) is 9.19. The monoisotopic (exact) mass is 388 g/mol. The number of carbonyl (C=O) groups is 2. The van der Waals surface area contributed by atoms with Crippen LogP contribution in [0.15, 0.2) is 84.6 Å². The number of nitrogens with one attached hydrogen (secondary N) is 2. The predicted octanol–water partition coefficient (Wildman–Crippen LogP) is 4.22. The summed E-state index contributed by atoms with van der Waals surface area (Å²) in [6.07, 6.45) is 1.52. The van der Waals surface area contributed by atoms with Crippen LogP contribution in [0.25, 0.3) is 6.08 Å². The third-order valence-corrected chi connectivity index (χ3v) is 4.28. The van der Waals surface area contributed by atoms with Gasteiger partial charge < -0.3 is 10.6 Å². The molecule has 5 heteroatoms. The number of halogens is 1. The van der Waals surface area contributed by atoms with Crippen LogP contribution in [-0.4, -0.2) is 11.8 Å². The molecule has 3 rings (SSSR count). The smallest absolute Gasteiger partial charge is 0.268 e. The van der Waals surface area contributed by atoms with E-state index in [4.69, 9.17) is 0 Å². The van der Waals surface area contributed by atoms with Gasteiger partial charge in [-0.05, 0) is 48.4 Å². The van der Waals surface area contributed by atoms with Crippen LogP contribution < -0.4 is 10.6 Å². The Morgan fingerprint density at radius 2 is 1.55 bits per heavy atom. The quantitative estimate of drug-likeness (QED) is 0.621. The number of carbonyl (C=O) groups excluding carboxylic acids is 2. The molecule has 0 heterocycles. The Kier molecular flexibility index (Phi) is 6.53. The first-order valence-electron chi connectivity index (χ1n) is 9.19. The standard InChI is InChI=1S/C24H21FN2O2/c1-17-7-11-20(12-8-17)23(28)27-22(15-18-9-13-21(25)14-10-18)24(29)26-16-19-5-3-2-4-6-19/h2-15H,16H2,1H3,(H,26,29)(H,27,28)/b22-15+. The molecule has 0 aromatic heterocycles. The zero-order valence-corrected chi connectivity index (χ0v) is 16.0. The van der Waals surface area contributed by atoms with Crippen molar-refractivity contribution in [1.29, 1.82) is 0 Å². The molecule has 29 heavy (non-hydrogen) atoms. The lowest BCUT2D eigenvalue weighted by Crippen LogP contribution is -2.34. The molecule has 0 aliphatic rings. The maximum Gasteiger partial charge on any atom is 0.268 e. The fraction of sp³-hybridized carbons (Fsp3) is 0.0833. The van der Waals surface area contributed by atoms with Crippen molar-refractivity contribution < 1.29 is 14.0 Å². The topological polar surface area (TPSA) is 58.2 Å². The van der Waals surface area contributed by atoms with Gasteiger partial charge in [-0.25, -0.2) is 4.39 Å². The van der Waals surface area contributed by atoms with Crippen LogP contribution in [0.3, 0.4) is 0 Å². The van der Waals surface area contributed by atoms with E-state index in [0.717, 1.165) is 11.1 Å². The van der Waals surface area contributed by atoms with Gasteiger partial charge in [0.1, 0.15) is 11.5 Å². The summed E-state index contributed by atoms with van der Waals surface area (Å²) in [5.41, 5.74) is 3.09. The molecule has 0 bridgehead atoms. The molecular weight excluding hydrogens is 367 g/mol. The van der Waals surface area contributed by atoms with Crippen LogP contribution in [0.4, 0.5) is 4.39 Å². The highest BCUT2D eigenvalue weighted by atomic mass is 19.1. The van der Waals surface area contributed by atoms with Gasteiger partial charge in [0.2, 0.25) is 0 Å². The summed E-state index contributed by atoms with van der Waals surface area (Å²) in [5, 5.41) is 5.47. The predicted molar refractivity (Wildman–Crippen MR) is 111 cm³/mol. The van der Waals surface area contributed by atoms with Crippen molar-refractivity contribution in [2.75, 3.05) is 0 Å². The normalized spacial score (nSPS) is 11.0. The molecule has 146 valence electrons. The molecule has 0 radical (unpaired) electrons. The lowest BCUT2D eigenvalue weighted by Gasteiger charge is -2.12. The van der Waals surface area contributed by atoms with Crippen molar-refractivity contribution >= 4 is 17.9 Å². The molecule has 0 saturated carbocycles. The lowest BCUT2D eigenvalue weighted by atomic mass is 10.1. The molecule has 0 aliphatic carbocycles. The van der Waals surface area contributed by atoms with Crippen molar-refractivity contribution in [2.45, 2.75) is 13.5 Å². The van der Waals surface area contributed by atoms with Crippen molar-refractivity contribution in [3.63, 3.8) is 0 Å². The second-order valence-corrected chi connectivity index (χ2v) is 6.60. The molecule has 2 N–H and O–H groups in total. The molecule has 0 unspecified atom stereocenters. The summed E-state index contributed by atoms with van der Waals surface area (Å²) >= 11 is 0. The Labute approximate surface area is 169 Å². The summed E-state index contributed by atoms with van der Waals surface area (Å²) < 4.78 is 13.2. The fourth-order valence-corrected chi connectivity index (χ4v) is 2.66. The van der Waals surface area contributed by atoms with Crippen molar-refractivity contribution in [1.82, 2.24) is 10.6 Å². The van der Waals surface area contributed by atoms with E-state index < -0.39 is 11.8 Å². The van der Waals surface area contributed by atoms with E-state index in [0.29, 0.717) is 17.7 Å². The van der Waals surface area contributed by atoms with E-state index in [1.165, 1.54) is 30.3 Å². The van der Waals surface area contributed by atoms with Gasteiger partial charge in [-0.3, -0.25) is 9.59 Å². The van der Waals surface area contributed by atoms with Gasteiger partial charge in [0.05, 0.1) is 0 Å². The average molecular weight is 388 g/mol. The minimum Gasteiger partial charge on any atom is -0.347 e. The van der Waals surface area contributed by atoms with Crippen LogP contribution in [0, 0.1) is 12.7 Å². The maximum absolute atomic E-state index is 13.2. The summed E-state index contributed by atoms with van der Waals surface area (Å²) in [5.74, 6) is -1.20. The van der Waals surface area contributed by atoms with E-state index in [1.807, 2.05) is 49.4 Å². The zero-order valence-electron chi connectivity index (χ0n) is 16.0. The lowest BCUT2D eigenvalue weighted by molar-refractivity contribution is -0.117. The summed E-state index contributed by atoms with van der Waals surface area (Å²) in [7, 11) is 0. The second-order valence-electron chi connectivity index (χ2n) is 6.60. The SMILES string of the molecule is Cc1ccc(C(=O)N/C(=C/c2ccc(F)cc2)C(=O)NCc2ccccc2)cc1. The molecule has 3 aromatic rings. The molecular formula is C24H21FN2O2. The van der Waals surface area contributed by atoms with Crippen LogP contribution >= 0.6 is 0 Å². The minimum absolute atomic E-state index is 0.0816. The van der Waals surface area contributed by atoms with Crippen LogP contribution in [0.2, 0.25) is 0 Å². The number of hydrogen-bond donors (Lipinski definition) is 2. The van der Waals surface area contributed by atoms with Gasteiger partial charge >= 0.3 is 0 Å². The van der Waals surface area contributed by atoms with E-state index in [2.05, 4.69) is 10.6 Å². The first-order chi connectivity index (χ1) is 14.0. The third kappa shape index (κ3) is 5.87. The molecule has 2 amide bonds. The van der Waals surface area contributed by atoms with Crippen molar-refractivity contribution in [2.24, 2.45) is 0 Å². The Morgan fingerprint density at radius 1 is 0.897 bits per heavy atom. The molecule has 0 atom stereocenters. The number of benzene rings is 3. The van der Waals surface area contributed by atoms with Gasteiger partial charge in [0.15, 0.2) is 0 Å². The van der Waals surface area contributed by atoms with Crippen LogP contribution in [0.5, 0.6) is 0 Å². The van der Waals surface area contributed by atoms with E-state index in [1.54, 1.807) is 12.1 Å². The van der Waals surface area contributed by atoms with Crippen LogP contribution in [0.1, 0.15) is 27.0 Å². The van der Waals surface area contributed by atoms with Gasteiger partial charge in [-0.1, -0.05) is 60.2 Å². The average Bonchev–Trinajstić information content (AvgIpc) is 2.74. The second kappa shape index (κ2) is 9.46. The number of amides is 2. The minimum atomic E-state index is -0.432. The maximum atomic E-state index is 13.2. The molecule has 0 saturated heterocycles. The molecule has 3 aromatic carbocycles. The number of hydrogen-bond acceptors (Lipinski definition) is 2. The molecule has 0 aliphatic heterocycles. The Bertz CT molecular complexity index is 1010. The highest BCUT2D eigenvalue weighted by molar-refractivity contribution is 6.05. The zero-order chi connectivity index (χ0) is 20.6. The van der Waals surface area contributed by atoms with E-state index in [9.17, 15) is 14.0 Å². The largest absolute Gasteiger partial charge is 0.347 e. The highest BCUT2D eigenvalue weighted by Crippen LogP contribution is 2.10. The third-order valence-electron chi connectivity index (χ3n) is 4.28. The highest BCUT2D eigenvalue weighted by Gasteiger charge is 2.14. The first kappa shape index (κ1) is 20.0. The fourth-order valence-electron chi connectivity index (χ4n) is 2.66. The Hall–Kier alpha value is -3.73. The van der Waals surface area contributed by atoms with E-state index >= 15 is 0 Å². The van der Waals surface area contributed by atoms with Crippen LogP contribution in [-0.2, 0) is 11.3 Å². The summed E-state index contributed by atoms with van der Waals surface area (Å²) in [4.78, 5) is 25.3. The van der Waals surface area contributed by atoms with Gasteiger partial charge in [0.25, 0.3) is 11.8 Å². The van der Waals surface area contributed by atoms with Gasteiger partial charge in [-0.2, -0.15) is 0 Å². The Morgan fingerprint density at radius 3 is 2.21 bits per heavy atom. The van der Waals surface area contributed by atoms with Crippen molar-refractivity contribution in [3.05, 3.63) is 113 Å². The number of rotatable bonds is 6. The number of aryl methyl sites for hydroxylation is 1. The molecule has 0 fully saturated rings. The summed E-state index contributed by atoms with van der Waals surface area (Å²) in [6, 6.07) is 22.2. The van der Waals surface area contributed by atoms with Gasteiger partial charge in [-0.15, -0.1) is 0 Å². The summed E-state index contributed by atoms with van der Waals surface area (Å²) in [6.45, 7) is 2.25. The van der Waals surface area contributed by atoms with E-state index in [-0.39, 0.29) is 11.5 Å². The molecule has 0 spiro atoms.